The van der Waals surface area contributed by atoms with Crippen LogP contribution in [0.25, 0.3) is 0 Å². The second-order valence-electron chi connectivity index (χ2n) is 4.63. The molecular weight excluding hydrogens is 316 g/mol. The molecule has 23 heavy (non-hydrogen) atoms. The molecule has 2 N–H and O–H groups in total. The number of rotatable bonds is 4. The summed E-state index contributed by atoms with van der Waals surface area (Å²) in [5.41, 5.74) is 1.62. The largest absolute Gasteiger partial charge is 0.453 e. The van der Waals surface area contributed by atoms with Crippen molar-refractivity contribution in [1.29, 1.82) is 0 Å². The average molecular weight is 332 g/mol. The number of carbonyl (C=O) groups excluding carboxylic acids is 2. The third kappa shape index (κ3) is 4.65. The van der Waals surface area contributed by atoms with Crippen LogP contribution in [0, 0.1) is 0 Å². The highest BCUT2D eigenvalue weighted by atomic mass is 32.2. The van der Waals surface area contributed by atoms with Crippen molar-refractivity contribution in [2.75, 3.05) is 24.0 Å². The number of hydrogen-bond acceptors (Lipinski definition) is 4. The van der Waals surface area contributed by atoms with Gasteiger partial charge in [-0.15, -0.1) is 0 Å². The third-order valence-electron chi connectivity index (χ3n) is 3.02. The van der Waals surface area contributed by atoms with Gasteiger partial charge < -0.3 is 10.1 Å². The molecule has 2 aromatic carbocycles. The zero-order valence-electron chi connectivity index (χ0n) is 12.7. The van der Waals surface area contributed by atoms with Crippen LogP contribution in [0.4, 0.5) is 16.2 Å². The van der Waals surface area contributed by atoms with E-state index in [-0.39, 0.29) is 5.91 Å². The molecule has 0 aliphatic heterocycles. The Kier molecular flexibility index (Phi) is 5.48. The molecule has 6 nitrogen and oxygen atoms in total. The summed E-state index contributed by atoms with van der Waals surface area (Å²) in [5.74, 6) is -0.271. The van der Waals surface area contributed by atoms with Crippen LogP contribution in [0.15, 0.2) is 53.4 Å². The highest BCUT2D eigenvalue weighted by Crippen LogP contribution is 2.15. The third-order valence-corrected chi connectivity index (χ3v) is 3.96. The Balaban J connectivity index is 2.02. The molecule has 0 bridgehead atoms. The molecule has 120 valence electrons. The molecule has 0 spiro atoms. The maximum Gasteiger partial charge on any atom is 0.411 e. The number of hydrogen-bond donors (Lipinski definition) is 2. The molecule has 1 atom stereocenters. The highest BCUT2D eigenvalue weighted by Gasteiger charge is 2.07. The number of methoxy groups -OCH3 is 1. The fraction of sp³-hybridized carbons (Fsp3) is 0.125. The first-order chi connectivity index (χ1) is 11.0. The summed E-state index contributed by atoms with van der Waals surface area (Å²) in [6, 6.07) is 13.2. The second kappa shape index (κ2) is 7.55. The van der Waals surface area contributed by atoms with Gasteiger partial charge in [-0.3, -0.25) is 14.3 Å². The molecule has 0 aliphatic carbocycles. The number of amides is 2. The van der Waals surface area contributed by atoms with Gasteiger partial charge in [0, 0.05) is 38.9 Å². The molecule has 0 heterocycles. The maximum absolute atomic E-state index is 12.1. The minimum absolute atomic E-state index is 0.271. The first-order valence-corrected chi connectivity index (χ1v) is 8.25. The van der Waals surface area contributed by atoms with Crippen molar-refractivity contribution in [3.05, 3.63) is 54.1 Å². The summed E-state index contributed by atoms with van der Waals surface area (Å²) in [5, 5.41) is 5.26. The van der Waals surface area contributed by atoms with E-state index in [4.69, 9.17) is 0 Å². The molecule has 0 saturated heterocycles. The number of carbonyl (C=O) groups is 2. The Labute approximate surface area is 136 Å². The predicted octanol–water partition coefficient (Wildman–Crippen LogP) is 2.85. The maximum atomic E-state index is 12.1. The quantitative estimate of drug-likeness (QED) is 0.901. The summed E-state index contributed by atoms with van der Waals surface area (Å²) in [6.45, 7) is 0. The number of benzene rings is 2. The van der Waals surface area contributed by atoms with E-state index in [0.29, 0.717) is 21.8 Å². The van der Waals surface area contributed by atoms with Crippen LogP contribution in [0.1, 0.15) is 10.4 Å². The van der Waals surface area contributed by atoms with E-state index in [1.807, 2.05) is 0 Å². The summed E-state index contributed by atoms with van der Waals surface area (Å²) in [4.78, 5) is 23.9. The van der Waals surface area contributed by atoms with Gasteiger partial charge in [0.1, 0.15) is 0 Å². The standard InChI is InChI=1S/C16H16N2O4S/c1-22-16(20)18-13-7-5-12(6-8-13)17-15(19)11-3-9-14(10-4-11)23(2)21/h3-10H,1-2H3,(H,17,19)(H,18,20)/t23-/m0/s1. The van der Waals surface area contributed by atoms with E-state index in [1.165, 1.54) is 7.11 Å². The molecule has 0 radical (unpaired) electrons. The van der Waals surface area contributed by atoms with Gasteiger partial charge in [-0.1, -0.05) is 0 Å². The van der Waals surface area contributed by atoms with Crippen molar-refractivity contribution in [3.63, 3.8) is 0 Å². The van der Waals surface area contributed by atoms with Crippen molar-refractivity contribution >= 4 is 34.2 Å². The monoisotopic (exact) mass is 332 g/mol. The van der Waals surface area contributed by atoms with Gasteiger partial charge in [0.05, 0.1) is 7.11 Å². The van der Waals surface area contributed by atoms with Crippen LogP contribution < -0.4 is 10.6 Å². The van der Waals surface area contributed by atoms with Gasteiger partial charge in [0.2, 0.25) is 0 Å². The lowest BCUT2D eigenvalue weighted by Gasteiger charge is -2.07. The molecule has 2 aromatic rings. The van der Waals surface area contributed by atoms with E-state index < -0.39 is 16.9 Å². The predicted molar refractivity (Wildman–Crippen MR) is 89.2 cm³/mol. The second-order valence-corrected chi connectivity index (χ2v) is 6.01. The molecule has 0 unspecified atom stereocenters. The minimum Gasteiger partial charge on any atom is -0.453 e. The van der Waals surface area contributed by atoms with E-state index in [9.17, 15) is 13.8 Å². The van der Waals surface area contributed by atoms with E-state index in [0.717, 1.165) is 0 Å². The zero-order valence-corrected chi connectivity index (χ0v) is 13.5. The lowest BCUT2D eigenvalue weighted by atomic mass is 10.2. The number of ether oxygens (including phenoxy) is 1. The smallest absolute Gasteiger partial charge is 0.411 e. The Hall–Kier alpha value is -2.67. The topological polar surface area (TPSA) is 84.5 Å². The normalized spacial score (nSPS) is 11.4. The fourth-order valence-electron chi connectivity index (χ4n) is 1.81. The Bertz CT molecular complexity index is 727. The molecule has 2 amide bonds. The average Bonchev–Trinajstić information content (AvgIpc) is 2.56. The van der Waals surface area contributed by atoms with Crippen molar-refractivity contribution in [1.82, 2.24) is 0 Å². The van der Waals surface area contributed by atoms with Crippen LogP contribution in [0.2, 0.25) is 0 Å². The minimum atomic E-state index is -1.07. The van der Waals surface area contributed by atoms with Gasteiger partial charge in [-0.25, -0.2) is 4.79 Å². The Morgan fingerprint density at radius 3 is 1.91 bits per heavy atom. The molecule has 0 fully saturated rings. The Morgan fingerprint density at radius 1 is 0.913 bits per heavy atom. The summed E-state index contributed by atoms with van der Waals surface area (Å²) < 4.78 is 15.8. The lowest BCUT2D eigenvalue weighted by molar-refractivity contribution is 0.102. The molecular formula is C16H16N2O4S. The van der Waals surface area contributed by atoms with Crippen LogP contribution in [0.3, 0.4) is 0 Å². The van der Waals surface area contributed by atoms with E-state index in [1.54, 1.807) is 54.8 Å². The lowest BCUT2D eigenvalue weighted by Crippen LogP contribution is -2.13. The molecule has 0 aliphatic rings. The van der Waals surface area contributed by atoms with Crippen molar-refractivity contribution in [2.45, 2.75) is 4.90 Å². The van der Waals surface area contributed by atoms with Gasteiger partial charge in [-0.2, -0.15) is 0 Å². The molecule has 0 saturated carbocycles. The van der Waals surface area contributed by atoms with Gasteiger partial charge in [0.15, 0.2) is 0 Å². The van der Waals surface area contributed by atoms with E-state index in [2.05, 4.69) is 15.4 Å². The first-order valence-electron chi connectivity index (χ1n) is 6.69. The SMILES string of the molecule is COC(=O)Nc1ccc(NC(=O)c2ccc([S@](C)=O)cc2)cc1. The van der Waals surface area contributed by atoms with Gasteiger partial charge in [0.25, 0.3) is 5.91 Å². The first kappa shape index (κ1) is 16.7. The van der Waals surface area contributed by atoms with Crippen molar-refractivity contribution in [2.24, 2.45) is 0 Å². The number of anilines is 2. The number of nitrogens with one attached hydrogen (secondary N) is 2. The Morgan fingerprint density at radius 2 is 1.43 bits per heavy atom. The summed E-state index contributed by atoms with van der Waals surface area (Å²) in [7, 11) is 0.208. The van der Waals surface area contributed by atoms with Gasteiger partial charge in [-0.05, 0) is 48.5 Å². The zero-order chi connectivity index (χ0) is 16.8. The van der Waals surface area contributed by atoms with Crippen LogP contribution in [-0.4, -0.2) is 29.6 Å². The van der Waals surface area contributed by atoms with Gasteiger partial charge >= 0.3 is 6.09 Å². The van der Waals surface area contributed by atoms with Crippen LogP contribution in [0.5, 0.6) is 0 Å². The molecule has 7 heteroatoms. The highest BCUT2D eigenvalue weighted by molar-refractivity contribution is 7.84. The summed E-state index contributed by atoms with van der Waals surface area (Å²) in [6.07, 6.45) is 1.02. The molecule has 2 rings (SSSR count). The fourth-order valence-corrected chi connectivity index (χ4v) is 2.33. The van der Waals surface area contributed by atoms with E-state index >= 15 is 0 Å². The van der Waals surface area contributed by atoms with Crippen molar-refractivity contribution < 1.29 is 18.5 Å². The van der Waals surface area contributed by atoms with Crippen LogP contribution in [-0.2, 0) is 15.5 Å². The van der Waals surface area contributed by atoms with Crippen molar-refractivity contribution in [3.8, 4) is 0 Å². The molecule has 0 aromatic heterocycles. The van der Waals surface area contributed by atoms with Crippen LogP contribution >= 0.6 is 0 Å². The summed E-state index contributed by atoms with van der Waals surface area (Å²) >= 11 is 0.